The van der Waals surface area contributed by atoms with Gasteiger partial charge in [-0.3, -0.25) is 9.88 Å². The number of rotatable bonds is 10. The molecule has 2 unspecified atom stereocenters. The van der Waals surface area contributed by atoms with Crippen molar-refractivity contribution in [3.8, 4) is 11.3 Å². The number of pyridine rings is 1. The maximum Gasteiger partial charge on any atom is 0.410 e. The van der Waals surface area contributed by atoms with Crippen molar-refractivity contribution >= 4 is 17.7 Å². The van der Waals surface area contributed by atoms with Crippen molar-refractivity contribution < 1.29 is 32.6 Å². The van der Waals surface area contributed by atoms with Gasteiger partial charge in [-0.25, -0.2) is 18.4 Å². The molecule has 0 N–H and O–H groups in total. The number of methoxy groups -OCH3 is 2. The number of ether oxygens (including phenoxy) is 3. The molecular weight excluding hydrogens is 580 g/mol. The number of nitrogens with zero attached hydrogens (tertiary/aromatic N) is 3. The van der Waals surface area contributed by atoms with Gasteiger partial charge in [0.05, 0.1) is 62.7 Å². The van der Waals surface area contributed by atoms with Crippen molar-refractivity contribution in [2.45, 2.75) is 38.1 Å². The maximum atomic E-state index is 14.1. The molecule has 1 fully saturated rings. The summed E-state index contributed by atoms with van der Waals surface area (Å²) in [5, 5.41) is 0. The minimum atomic E-state index is -1.02. The molecule has 0 saturated carbocycles. The van der Waals surface area contributed by atoms with Crippen molar-refractivity contribution in [1.82, 2.24) is 9.88 Å². The number of esters is 1. The normalized spacial score (nSPS) is 16.2. The van der Waals surface area contributed by atoms with Crippen LogP contribution in [0.2, 0.25) is 0 Å². The third-order valence-electron chi connectivity index (χ3n) is 7.96. The summed E-state index contributed by atoms with van der Waals surface area (Å²) < 4.78 is 44.3. The lowest BCUT2D eigenvalue weighted by Gasteiger charge is -2.46. The fourth-order valence-electron chi connectivity index (χ4n) is 5.75. The van der Waals surface area contributed by atoms with Crippen LogP contribution in [0.25, 0.3) is 11.3 Å². The van der Waals surface area contributed by atoms with E-state index in [2.05, 4.69) is 4.98 Å². The third kappa shape index (κ3) is 7.46. The Labute approximate surface area is 261 Å². The van der Waals surface area contributed by atoms with Gasteiger partial charge in [-0.05, 0) is 48.2 Å². The predicted molar refractivity (Wildman–Crippen MR) is 166 cm³/mol. The summed E-state index contributed by atoms with van der Waals surface area (Å²) in [6.07, 6.45) is 2.44. The van der Waals surface area contributed by atoms with Gasteiger partial charge in [-0.15, -0.1) is 0 Å². The lowest BCUT2D eigenvalue weighted by atomic mass is 9.93. The first-order valence-corrected chi connectivity index (χ1v) is 14.7. The molecule has 2 heterocycles. The Balaban J connectivity index is 1.54. The Morgan fingerprint density at radius 3 is 2.29 bits per heavy atom. The second kappa shape index (κ2) is 14.8. The topological polar surface area (TPSA) is 81.2 Å². The Kier molecular flexibility index (Phi) is 10.4. The van der Waals surface area contributed by atoms with Crippen LogP contribution in [0.5, 0.6) is 0 Å². The van der Waals surface area contributed by atoms with Crippen LogP contribution < -0.4 is 4.90 Å². The SMILES string of the molecule is COC(=O)c1cc(-c2ccc(F)c(F)c2)ncc1N1CCCC(N(Cc2ccccc2)C(=O)OC)C1COCc1ccccc1. The van der Waals surface area contributed by atoms with E-state index in [4.69, 9.17) is 14.2 Å². The van der Waals surface area contributed by atoms with E-state index in [-0.39, 0.29) is 23.9 Å². The monoisotopic (exact) mass is 615 g/mol. The number of hydrogen-bond acceptors (Lipinski definition) is 7. The Morgan fingerprint density at radius 2 is 1.62 bits per heavy atom. The van der Waals surface area contributed by atoms with E-state index < -0.39 is 29.7 Å². The van der Waals surface area contributed by atoms with Gasteiger partial charge >= 0.3 is 12.1 Å². The van der Waals surface area contributed by atoms with E-state index >= 15 is 0 Å². The molecule has 0 aliphatic carbocycles. The number of amides is 1. The van der Waals surface area contributed by atoms with Crippen LogP contribution in [0, 0.1) is 11.6 Å². The van der Waals surface area contributed by atoms with Crippen LogP contribution in [0.3, 0.4) is 0 Å². The van der Waals surface area contributed by atoms with Gasteiger partial charge in [0.2, 0.25) is 0 Å². The van der Waals surface area contributed by atoms with Crippen LogP contribution in [-0.4, -0.2) is 61.4 Å². The smallest absolute Gasteiger partial charge is 0.410 e. The first-order valence-electron chi connectivity index (χ1n) is 14.7. The molecule has 234 valence electrons. The standard InChI is InChI=1S/C35H35F2N3O5/c1-43-34(41)27-19-30(26-15-16-28(36)29(37)18-26)38-20-32(27)39-17-9-14-31(33(39)23-45-22-25-12-7-4-8-13-25)40(35(42)44-2)21-24-10-5-3-6-11-24/h3-8,10-13,15-16,18-20,31,33H,9,14,17,21-23H2,1-2H3. The Morgan fingerprint density at radius 1 is 0.911 bits per heavy atom. The average molecular weight is 616 g/mol. The van der Waals surface area contributed by atoms with Crippen molar-refractivity contribution in [3.63, 3.8) is 0 Å². The molecule has 1 amide bonds. The van der Waals surface area contributed by atoms with Gasteiger partial charge in [-0.2, -0.15) is 0 Å². The van der Waals surface area contributed by atoms with Gasteiger partial charge in [-0.1, -0.05) is 60.7 Å². The summed E-state index contributed by atoms with van der Waals surface area (Å²) in [5.41, 5.74) is 3.22. The quantitative estimate of drug-likeness (QED) is 0.185. The lowest BCUT2D eigenvalue weighted by Crippen LogP contribution is -2.59. The zero-order chi connectivity index (χ0) is 31.8. The summed E-state index contributed by atoms with van der Waals surface area (Å²) in [6, 6.07) is 23.6. The summed E-state index contributed by atoms with van der Waals surface area (Å²) >= 11 is 0. The molecule has 4 aromatic rings. The number of anilines is 1. The fraction of sp³-hybridized carbons (Fsp3) is 0.286. The minimum Gasteiger partial charge on any atom is -0.465 e. The van der Waals surface area contributed by atoms with Gasteiger partial charge < -0.3 is 19.1 Å². The molecule has 10 heteroatoms. The average Bonchev–Trinajstić information content (AvgIpc) is 3.08. The highest BCUT2D eigenvalue weighted by molar-refractivity contribution is 5.97. The highest BCUT2D eigenvalue weighted by atomic mass is 19.2. The van der Waals surface area contributed by atoms with Crippen molar-refractivity contribution in [2.75, 3.05) is 32.3 Å². The van der Waals surface area contributed by atoms with Crippen molar-refractivity contribution in [2.24, 2.45) is 0 Å². The largest absolute Gasteiger partial charge is 0.465 e. The van der Waals surface area contributed by atoms with E-state index in [0.29, 0.717) is 43.8 Å². The summed E-state index contributed by atoms with van der Waals surface area (Å²) in [6.45, 7) is 1.45. The van der Waals surface area contributed by atoms with Gasteiger partial charge in [0.25, 0.3) is 0 Å². The number of hydrogen-bond donors (Lipinski definition) is 0. The Bertz CT molecular complexity index is 1610. The molecule has 1 aliphatic rings. The number of benzene rings is 3. The lowest BCUT2D eigenvalue weighted by molar-refractivity contribution is 0.0463. The third-order valence-corrected chi connectivity index (χ3v) is 7.96. The molecule has 3 aromatic carbocycles. The molecule has 0 radical (unpaired) electrons. The second-order valence-electron chi connectivity index (χ2n) is 10.8. The molecule has 5 rings (SSSR count). The van der Waals surface area contributed by atoms with E-state index in [9.17, 15) is 18.4 Å². The first kappa shape index (κ1) is 31.6. The van der Waals surface area contributed by atoms with Crippen LogP contribution >= 0.6 is 0 Å². The summed E-state index contributed by atoms with van der Waals surface area (Å²) in [4.78, 5) is 34.7. The van der Waals surface area contributed by atoms with Crippen molar-refractivity contribution in [3.05, 3.63) is 119 Å². The zero-order valence-electron chi connectivity index (χ0n) is 25.2. The van der Waals surface area contributed by atoms with Crippen LogP contribution in [0.4, 0.5) is 19.3 Å². The molecular formula is C35H35F2N3O5. The van der Waals surface area contributed by atoms with Crippen LogP contribution in [0.15, 0.2) is 91.1 Å². The van der Waals surface area contributed by atoms with E-state index in [1.54, 1.807) is 4.90 Å². The fourth-order valence-corrected chi connectivity index (χ4v) is 5.75. The van der Waals surface area contributed by atoms with Gasteiger partial charge in [0, 0.05) is 18.7 Å². The predicted octanol–water partition coefficient (Wildman–Crippen LogP) is 6.64. The molecule has 45 heavy (non-hydrogen) atoms. The zero-order valence-corrected chi connectivity index (χ0v) is 25.2. The Hall–Kier alpha value is -4.83. The highest BCUT2D eigenvalue weighted by Gasteiger charge is 2.39. The highest BCUT2D eigenvalue weighted by Crippen LogP contribution is 2.34. The second-order valence-corrected chi connectivity index (χ2v) is 10.8. The van der Waals surface area contributed by atoms with Gasteiger partial charge in [0.1, 0.15) is 0 Å². The number of carbonyl (C=O) groups is 2. The maximum absolute atomic E-state index is 14.1. The molecule has 0 bridgehead atoms. The molecule has 0 spiro atoms. The first-order chi connectivity index (χ1) is 21.9. The minimum absolute atomic E-state index is 0.202. The molecule has 2 atom stereocenters. The molecule has 8 nitrogen and oxygen atoms in total. The number of piperidine rings is 1. The van der Waals surface area contributed by atoms with Gasteiger partial charge in [0.15, 0.2) is 11.6 Å². The number of aromatic nitrogens is 1. The number of halogens is 2. The van der Waals surface area contributed by atoms with E-state index in [0.717, 1.165) is 23.3 Å². The van der Waals surface area contributed by atoms with Crippen LogP contribution in [-0.2, 0) is 27.4 Å². The number of carbonyl (C=O) groups excluding carboxylic acids is 2. The van der Waals surface area contributed by atoms with Crippen molar-refractivity contribution in [1.29, 1.82) is 0 Å². The van der Waals surface area contributed by atoms with Crippen LogP contribution in [0.1, 0.15) is 34.3 Å². The van der Waals surface area contributed by atoms with E-state index in [1.165, 1.54) is 32.5 Å². The molecule has 1 saturated heterocycles. The molecule has 1 aromatic heterocycles. The summed E-state index contributed by atoms with van der Waals surface area (Å²) in [5.74, 6) is -2.61. The summed E-state index contributed by atoms with van der Waals surface area (Å²) in [7, 11) is 2.64. The van der Waals surface area contributed by atoms with E-state index in [1.807, 2.05) is 65.6 Å². The molecule has 1 aliphatic heterocycles.